The first-order chi connectivity index (χ1) is 8.18. The number of aromatic nitrogens is 1. The lowest BCUT2D eigenvalue weighted by Crippen LogP contribution is -2.03. The SMILES string of the molecule is CC(C)=CCNc1c(N)cnc2ccccc12. The van der Waals surface area contributed by atoms with Gasteiger partial charge >= 0.3 is 0 Å². The van der Waals surface area contributed by atoms with Crippen LogP contribution in [0.5, 0.6) is 0 Å². The molecule has 3 nitrogen and oxygen atoms in total. The lowest BCUT2D eigenvalue weighted by atomic mass is 10.1. The van der Waals surface area contributed by atoms with E-state index in [-0.39, 0.29) is 0 Å². The first-order valence-corrected chi connectivity index (χ1v) is 5.69. The van der Waals surface area contributed by atoms with E-state index in [1.807, 2.05) is 24.3 Å². The van der Waals surface area contributed by atoms with E-state index in [1.54, 1.807) is 6.20 Å². The summed E-state index contributed by atoms with van der Waals surface area (Å²) in [6.45, 7) is 4.94. The van der Waals surface area contributed by atoms with Gasteiger partial charge in [-0.05, 0) is 19.9 Å². The molecule has 0 aliphatic heterocycles. The van der Waals surface area contributed by atoms with E-state index in [4.69, 9.17) is 5.73 Å². The predicted octanol–water partition coefficient (Wildman–Crippen LogP) is 3.20. The minimum absolute atomic E-state index is 0.686. The molecule has 0 aliphatic rings. The van der Waals surface area contributed by atoms with Crippen molar-refractivity contribution in [1.82, 2.24) is 4.98 Å². The molecule has 0 radical (unpaired) electrons. The maximum atomic E-state index is 5.96. The van der Waals surface area contributed by atoms with Crippen molar-refractivity contribution in [3.05, 3.63) is 42.1 Å². The molecule has 2 rings (SSSR count). The van der Waals surface area contributed by atoms with E-state index >= 15 is 0 Å². The minimum atomic E-state index is 0.686. The summed E-state index contributed by atoms with van der Waals surface area (Å²) in [5, 5.41) is 4.41. The van der Waals surface area contributed by atoms with Crippen molar-refractivity contribution in [2.75, 3.05) is 17.6 Å². The van der Waals surface area contributed by atoms with Crippen LogP contribution in [0.15, 0.2) is 42.1 Å². The fourth-order valence-corrected chi connectivity index (χ4v) is 1.71. The molecule has 2 aromatic rings. The quantitative estimate of drug-likeness (QED) is 0.792. The van der Waals surface area contributed by atoms with Crippen LogP contribution in [0.25, 0.3) is 10.9 Å². The van der Waals surface area contributed by atoms with E-state index < -0.39 is 0 Å². The Morgan fingerprint density at radius 1 is 1.35 bits per heavy atom. The number of pyridine rings is 1. The molecule has 1 heterocycles. The zero-order valence-electron chi connectivity index (χ0n) is 10.2. The van der Waals surface area contributed by atoms with Crippen LogP contribution in [0.3, 0.4) is 0 Å². The standard InChI is InChI=1S/C14H17N3/c1-10(2)7-8-16-14-11-5-3-4-6-13(11)17-9-12(14)15/h3-7,9H,8,15H2,1-2H3,(H,16,17). The molecule has 0 aliphatic carbocycles. The Morgan fingerprint density at radius 2 is 2.12 bits per heavy atom. The monoisotopic (exact) mass is 227 g/mol. The van der Waals surface area contributed by atoms with Gasteiger partial charge in [-0.25, -0.2) is 0 Å². The molecule has 0 saturated carbocycles. The number of benzene rings is 1. The molecular weight excluding hydrogens is 210 g/mol. The van der Waals surface area contributed by atoms with Gasteiger partial charge in [0.2, 0.25) is 0 Å². The topological polar surface area (TPSA) is 50.9 Å². The van der Waals surface area contributed by atoms with Crippen molar-refractivity contribution in [2.24, 2.45) is 0 Å². The molecule has 0 amide bonds. The van der Waals surface area contributed by atoms with E-state index in [2.05, 4.69) is 30.2 Å². The molecule has 88 valence electrons. The zero-order chi connectivity index (χ0) is 12.3. The number of nitrogens with one attached hydrogen (secondary N) is 1. The Balaban J connectivity index is 2.37. The van der Waals surface area contributed by atoms with Gasteiger partial charge in [0, 0.05) is 11.9 Å². The Kier molecular flexibility index (Phi) is 3.28. The lowest BCUT2D eigenvalue weighted by Gasteiger charge is -2.10. The normalized spacial score (nSPS) is 10.2. The van der Waals surface area contributed by atoms with Crippen LogP contribution in [0.2, 0.25) is 0 Å². The highest BCUT2D eigenvalue weighted by molar-refractivity contribution is 5.96. The fraction of sp³-hybridized carbons (Fsp3) is 0.214. The van der Waals surface area contributed by atoms with E-state index in [9.17, 15) is 0 Å². The van der Waals surface area contributed by atoms with E-state index in [0.29, 0.717) is 5.69 Å². The highest BCUT2D eigenvalue weighted by atomic mass is 14.9. The maximum absolute atomic E-state index is 5.96. The van der Waals surface area contributed by atoms with Crippen molar-refractivity contribution >= 4 is 22.3 Å². The highest BCUT2D eigenvalue weighted by Gasteiger charge is 2.04. The van der Waals surface area contributed by atoms with Crippen LogP contribution in [0, 0.1) is 0 Å². The molecule has 17 heavy (non-hydrogen) atoms. The van der Waals surface area contributed by atoms with Crippen molar-refractivity contribution in [3.8, 4) is 0 Å². The molecule has 0 saturated heterocycles. The number of nitrogens with zero attached hydrogens (tertiary/aromatic N) is 1. The second kappa shape index (κ2) is 4.87. The highest BCUT2D eigenvalue weighted by Crippen LogP contribution is 2.27. The Morgan fingerprint density at radius 3 is 2.88 bits per heavy atom. The van der Waals surface area contributed by atoms with E-state index in [1.165, 1.54) is 5.57 Å². The van der Waals surface area contributed by atoms with E-state index in [0.717, 1.165) is 23.1 Å². The second-order valence-corrected chi connectivity index (χ2v) is 4.27. The average molecular weight is 227 g/mol. The summed E-state index contributed by atoms with van der Waals surface area (Å²) in [4.78, 5) is 4.30. The van der Waals surface area contributed by atoms with Gasteiger partial charge in [0.05, 0.1) is 23.1 Å². The van der Waals surface area contributed by atoms with Gasteiger partial charge in [-0.3, -0.25) is 4.98 Å². The Hall–Kier alpha value is -2.03. The third kappa shape index (κ3) is 2.56. The molecule has 1 aromatic carbocycles. The molecular formula is C14H17N3. The number of hydrogen-bond donors (Lipinski definition) is 2. The number of nitrogens with two attached hydrogens (primary N) is 1. The summed E-state index contributed by atoms with van der Waals surface area (Å²) >= 11 is 0. The number of hydrogen-bond acceptors (Lipinski definition) is 3. The zero-order valence-corrected chi connectivity index (χ0v) is 10.2. The first kappa shape index (κ1) is 11.5. The summed E-state index contributed by atoms with van der Waals surface area (Å²) in [6, 6.07) is 7.99. The summed E-state index contributed by atoms with van der Waals surface area (Å²) in [6.07, 6.45) is 3.84. The number of rotatable bonds is 3. The summed E-state index contributed by atoms with van der Waals surface area (Å²) in [7, 11) is 0. The third-order valence-electron chi connectivity index (χ3n) is 2.59. The molecule has 0 atom stereocenters. The Labute approximate surface area is 101 Å². The van der Waals surface area contributed by atoms with Gasteiger partial charge in [0.25, 0.3) is 0 Å². The van der Waals surface area contributed by atoms with Gasteiger partial charge in [0.1, 0.15) is 0 Å². The van der Waals surface area contributed by atoms with Gasteiger partial charge < -0.3 is 11.1 Å². The first-order valence-electron chi connectivity index (χ1n) is 5.69. The number of anilines is 2. The van der Waals surface area contributed by atoms with Gasteiger partial charge in [-0.1, -0.05) is 29.8 Å². The Bertz CT molecular complexity index is 554. The summed E-state index contributed by atoms with van der Waals surface area (Å²) in [5.74, 6) is 0. The summed E-state index contributed by atoms with van der Waals surface area (Å²) in [5.41, 5.74) is 9.86. The van der Waals surface area contributed by atoms with Crippen molar-refractivity contribution in [3.63, 3.8) is 0 Å². The number of nitrogen functional groups attached to an aromatic ring is 1. The number of allylic oxidation sites excluding steroid dienone is 1. The van der Waals surface area contributed by atoms with Crippen molar-refractivity contribution < 1.29 is 0 Å². The second-order valence-electron chi connectivity index (χ2n) is 4.27. The van der Waals surface area contributed by atoms with Gasteiger partial charge in [-0.2, -0.15) is 0 Å². The smallest absolute Gasteiger partial charge is 0.0743 e. The molecule has 0 unspecified atom stereocenters. The fourth-order valence-electron chi connectivity index (χ4n) is 1.71. The average Bonchev–Trinajstić information content (AvgIpc) is 2.32. The van der Waals surface area contributed by atoms with Crippen molar-refractivity contribution in [2.45, 2.75) is 13.8 Å². The largest absolute Gasteiger partial charge is 0.396 e. The van der Waals surface area contributed by atoms with Crippen LogP contribution >= 0.6 is 0 Å². The molecule has 0 bridgehead atoms. The van der Waals surface area contributed by atoms with Crippen LogP contribution in [-0.2, 0) is 0 Å². The molecule has 0 spiro atoms. The maximum Gasteiger partial charge on any atom is 0.0743 e. The van der Waals surface area contributed by atoms with Crippen LogP contribution in [-0.4, -0.2) is 11.5 Å². The van der Waals surface area contributed by atoms with Crippen LogP contribution in [0.1, 0.15) is 13.8 Å². The molecule has 1 aromatic heterocycles. The predicted molar refractivity (Wildman–Crippen MR) is 74.1 cm³/mol. The minimum Gasteiger partial charge on any atom is -0.396 e. The van der Waals surface area contributed by atoms with Crippen molar-refractivity contribution in [1.29, 1.82) is 0 Å². The molecule has 3 heteroatoms. The molecule has 0 fully saturated rings. The van der Waals surface area contributed by atoms with Gasteiger partial charge in [0.15, 0.2) is 0 Å². The van der Waals surface area contributed by atoms with Crippen LogP contribution in [0.4, 0.5) is 11.4 Å². The number of para-hydroxylation sites is 1. The molecule has 3 N–H and O–H groups in total. The third-order valence-corrected chi connectivity index (χ3v) is 2.59. The lowest BCUT2D eigenvalue weighted by molar-refractivity contribution is 1.26. The van der Waals surface area contributed by atoms with Crippen LogP contribution < -0.4 is 11.1 Å². The summed E-state index contributed by atoms with van der Waals surface area (Å²) < 4.78 is 0. The number of fused-ring (bicyclic) bond motifs is 1. The van der Waals surface area contributed by atoms with Gasteiger partial charge in [-0.15, -0.1) is 0 Å².